The largest absolute Gasteiger partial charge is 0.366 e. The summed E-state index contributed by atoms with van der Waals surface area (Å²) in [5, 5.41) is 5.28. The monoisotopic (exact) mass is 245 g/mol. The van der Waals surface area contributed by atoms with E-state index in [1.54, 1.807) is 22.2 Å². The van der Waals surface area contributed by atoms with E-state index in [9.17, 15) is 0 Å². The maximum atomic E-state index is 5.66. The molecule has 6 heteroatoms. The Morgan fingerprint density at radius 2 is 2.18 bits per heavy atom. The van der Waals surface area contributed by atoms with Crippen LogP contribution in [-0.4, -0.2) is 19.6 Å². The molecule has 3 aromatic rings. The molecule has 4 rings (SSSR count). The highest BCUT2D eigenvalue weighted by molar-refractivity contribution is 7.19. The van der Waals surface area contributed by atoms with E-state index in [0.29, 0.717) is 5.95 Å². The predicted molar refractivity (Wildman–Crippen MR) is 67.2 cm³/mol. The molecule has 1 aliphatic rings. The molecule has 3 aromatic heterocycles. The molecule has 0 amide bonds. The van der Waals surface area contributed by atoms with Crippen molar-refractivity contribution in [2.45, 2.75) is 25.7 Å². The number of aromatic nitrogens is 4. The number of rotatable bonds is 0. The number of nitrogens with zero attached hydrogens (tertiary/aromatic N) is 4. The average molecular weight is 245 g/mol. The molecule has 0 bridgehead atoms. The van der Waals surface area contributed by atoms with Crippen molar-refractivity contribution in [1.82, 2.24) is 19.6 Å². The Balaban J connectivity index is 2.19. The van der Waals surface area contributed by atoms with Crippen LogP contribution in [0.5, 0.6) is 0 Å². The van der Waals surface area contributed by atoms with Gasteiger partial charge in [0.1, 0.15) is 11.2 Å². The van der Waals surface area contributed by atoms with Gasteiger partial charge >= 0.3 is 0 Å². The summed E-state index contributed by atoms with van der Waals surface area (Å²) in [5.74, 6) is 0.315. The van der Waals surface area contributed by atoms with E-state index >= 15 is 0 Å². The number of anilines is 1. The van der Waals surface area contributed by atoms with Crippen LogP contribution in [0.25, 0.3) is 15.9 Å². The fraction of sp³-hybridized carbons (Fsp3) is 0.364. The first kappa shape index (κ1) is 9.35. The molecule has 86 valence electrons. The average Bonchev–Trinajstić information content (AvgIpc) is 2.87. The van der Waals surface area contributed by atoms with Gasteiger partial charge in [-0.1, -0.05) is 0 Å². The van der Waals surface area contributed by atoms with Crippen LogP contribution < -0.4 is 5.73 Å². The first-order valence-electron chi connectivity index (χ1n) is 5.74. The van der Waals surface area contributed by atoms with Crippen molar-refractivity contribution < 1.29 is 0 Å². The number of thiophene rings is 1. The number of fused-ring (bicyclic) bond motifs is 5. The summed E-state index contributed by atoms with van der Waals surface area (Å²) in [6, 6.07) is 0. The van der Waals surface area contributed by atoms with Gasteiger partial charge in [-0.25, -0.2) is 4.98 Å². The van der Waals surface area contributed by atoms with E-state index in [-0.39, 0.29) is 0 Å². The first-order chi connectivity index (χ1) is 8.33. The van der Waals surface area contributed by atoms with Crippen molar-refractivity contribution in [2.75, 3.05) is 5.73 Å². The highest BCUT2D eigenvalue weighted by atomic mass is 32.1. The standard InChI is InChI=1S/C11H11N5S/c12-11-14-9-8-6-3-1-2-4-7(6)17-10(8)13-5-16(9)15-11/h5H,1-4H2,(H2,12,15). The van der Waals surface area contributed by atoms with Crippen molar-refractivity contribution >= 4 is 33.1 Å². The fourth-order valence-electron chi connectivity index (χ4n) is 2.57. The second kappa shape index (κ2) is 3.16. The molecule has 0 saturated heterocycles. The molecule has 0 fully saturated rings. The Morgan fingerprint density at radius 3 is 3.12 bits per heavy atom. The first-order valence-corrected chi connectivity index (χ1v) is 6.55. The second-order valence-electron chi connectivity index (χ2n) is 4.37. The number of hydrogen-bond donors (Lipinski definition) is 1. The minimum atomic E-state index is 0.315. The van der Waals surface area contributed by atoms with E-state index in [2.05, 4.69) is 15.1 Å². The molecule has 2 N–H and O–H groups in total. The zero-order valence-corrected chi connectivity index (χ0v) is 10.00. The topological polar surface area (TPSA) is 69.1 Å². The van der Waals surface area contributed by atoms with Crippen LogP contribution in [0.4, 0.5) is 5.95 Å². The van der Waals surface area contributed by atoms with Crippen LogP contribution in [0, 0.1) is 0 Å². The van der Waals surface area contributed by atoms with Crippen molar-refractivity contribution in [3.05, 3.63) is 16.8 Å². The van der Waals surface area contributed by atoms with Gasteiger partial charge in [-0.15, -0.1) is 16.4 Å². The molecule has 3 heterocycles. The lowest BCUT2D eigenvalue weighted by Crippen LogP contribution is -1.99. The van der Waals surface area contributed by atoms with Crippen LogP contribution in [0.15, 0.2) is 6.33 Å². The van der Waals surface area contributed by atoms with Crippen molar-refractivity contribution in [3.63, 3.8) is 0 Å². The molecule has 0 radical (unpaired) electrons. The zero-order valence-electron chi connectivity index (χ0n) is 9.18. The maximum absolute atomic E-state index is 5.66. The van der Waals surface area contributed by atoms with Gasteiger partial charge in [0.25, 0.3) is 0 Å². The van der Waals surface area contributed by atoms with Gasteiger partial charge in [0.15, 0.2) is 5.65 Å². The Bertz CT molecular complexity index is 726. The number of nitrogen functional groups attached to an aromatic ring is 1. The van der Waals surface area contributed by atoms with Crippen LogP contribution in [-0.2, 0) is 12.8 Å². The van der Waals surface area contributed by atoms with Crippen LogP contribution in [0.1, 0.15) is 23.3 Å². The zero-order chi connectivity index (χ0) is 11.4. The third-order valence-corrected chi connectivity index (χ3v) is 4.51. The van der Waals surface area contributed by atoms with Gasteiger partial charge in [-0.05, 0) is 31.2 Å². The summed E-state index contributed by atoms with van der Waals surface area (Å²) >= 11 is 1.79. The minimum Gasteiger partial charge on any atom is -0.366 e. The van der Waals surface area contributed by atoms with Gasteiger partial charge in [0.05, 0.1) is 5.39 Å². The Kier molecular flexibility index (Phi) is 1.74. The molecule has 0 unspecified atom stereocenters. The maximum Gasteiger partial charge on any atom is 0.240 e. The molecule has 0 atom stereocenters. The van der Waals surface area contributed by atoms with Crippen LogP contribution in [0.2, 0.25) is 0 Å². The quantitative estimate of drug-likeness (QED) is 0.655. The van der Waals surface area contributed by atoms with Gasteiger partial charge in [-0.3, -0.25) is 0 Å². The van der Waals surface area contributed by atoms with Gasteiger partial charge in [0.2, 0.25) is 5.95 Å². The third kappa shape index (κ3) is 1.21. The Hall–Kier alpha value is -1.69. The summed E-state index contributed by atoms with van der Waals surface area (Å²) in [7, 11) is 0. The van der Waals surface area contributed by atoms with Crippen molar-refractivity contribution in [3.8, 4) is 0 Å². The highest BCUT2D eigenvalue weighted by Gasteiger charge is 2.20. The number of aryl methyl sites for hydroxylation is 2. The minimum absolute atomic E-state index is 0.315. The summed E-state index contributed by atoms with van der Waals surface area (Å²) in [6.07, 6.45) is 6.53. The lowest BCUT2D eigenvalue weighted by Gasteiger charge is -2.09. The van der Waals surface area contributed by atoms with Crippen LogP contribution in [0.3, 0.4) is 0 Å². The van der Waals surface area contributed by atoms with Gasteiger partial charge < -0.3 is 5.73 Å². The van der Waals surface area contributed by atoms with Gasteiger partial charge in [0, 0.05) is 4.88 Å². The second-order valence-corrected chi connectivity index (χ2v) is 5.46. The van der Waals surface area contributed by atoms with E-state index in [4.69, 9.17) is 5.73 Å². The van der Waals surface area contributed by atoms with E-state index in [1.807, 2.05) is 0 Å². The smallest absolute Gasteiger partial charge is 0.240 e. The fourth-order valence-corrected chi connectivity index (χ4v) is 3.79. The molecule has 0 saturated carbocycles. The predicted octanol–water partition coefficient (Wildman–Crippen LogP) is 1.80. The van der Waals surface area contributed by atoms with Crippen molar-refractivity contribution in [2.24, 2.45) is 0 Å². The normalized spacial score (nSPS) is 15.5. The molecule has 5 nitrogen and oxygen atoms in total. The Labute approximate surface area is 101 Å². The number of nitrogens with two attached hydrogens (primary N) is 1. The molecular formula is C11H11N5S. The van der Waals surface area contributed by atoms with E-state index in [0.717, 1.165) is 22.3 Å². The molecule has 1 aliphatic carbocycles. The van der Waals surface area contributed by atoms with Gasteiger partial charge in [-0.2, -0.15) is 9.50 Å². The third-order valence-electron chi connectivity index (χ3n) is 3.31. The summed E-state index contributed by atoms with van der Waals surface area (Å²) in [5.41, 5.74) is 7.93. The van der Waals surface area contributed by atoms with E-state index < -0.39 is 0 Å². The Morgan fingerprint density at radius 1 is 1.29 bits per heavy atom. The molecular weight excluding hydrogens is 234 g/mol. The molecule has 0 spiro atoms. The molecule has 0 aliphatic heterocycles. The highest BCUT2D eigenvalue weighted by Crippen LogP contribution is 2.36. The summed E-state index contributed by atoms with van der Waals surface area (Å²) in [4.78, 5) is 11.3. The van der Waals surface area contributed by atoms with E-state index in [1.165, 1.54) is 29.7 Å². The summed E-state index contributed by atoms with van der Waals surface area (Å²) in [6.45, 7) is 0. The summed E-state index contributed by atoms with van der Waals surface area (Å²) < 4.78 is 1.68. The molecule has 17 heavy (non-hydrogen) atoms. The lowest BCUT2D eigenvalue weighted by molar-refractivity contribution is 0.700. The molecule has 0 aromatic carbocycles. The van der Waals surface area contributed by atoms with Crippen LogP contribution >= 0.6 is 11.3 Å². The SMILES string of the molecule is Nc1nc2c3c4c(sc3ncn2n1)CCCC4. The lowest BCUT2D eigenvalue weighted by atomic mass is 9.97. The van der Waals surface area contributed by atoms with Crippen molar-refractivity contribution in [1.29, 1.82) is 0 Å². The number of hydrogen-bond acceptors (Lipinski definition) is 5.